The number of aromatic nitrogens is 3. The average Bonchev–Trinajstić information content (AvgIpc) is 2.48. The van der Waals surface area contributed by atoms with Gasteiger partial charge in [-0.2, -0.15) is 8.42 Å². The van der Waals surface area contributed by atoms with Crippen molar-refractivity contribution in [1.29, 1.82) is 0 Å². The molecule has 0 amide bonds. The van der Waals surface area contributed by atoms with Gasteiger partial charge in [-0.15, -0.1) is 10.2 Å². The molecule has 1 heterocycles. The summed E-state index contributed by atoms with van der Waals surface area (Å²) < 4.78 is 38.1. The maximum Gasteiger partial charge on any atom is 0.347 e. The van der Waals surface area contributed by atoms with Gasteiger partial charge in [0.05, 0.1) is 0 Å². The summed E-state index contributed by atoms with van der Waals surface area (Å²) in [6.07, 6.45) is 1.31. The topological polar surface area (TPSA) is 94.3 Å². The van der Waals surface area contributed by atoms with Crippen molar-refractivity contribution >= 4 is 29.6 Å². The van der Waals surface area contributed by atoms with Gasteiger partial charge in [-0.1, -0.05) is 10.7 Å². The minimum Gasteiger partial charge on any atom is -0.309 e. The van der Waals surface area contributed by atoms with E-state index in [1.165, 1.54) is 17.8 Å². The van der Waals surface area contributed by atoms with Gasteiger partial charge in [0.1, 0.15) is 16.1 Å². The molecule has 1 aromatic heterocycles. The molecule has 0 spiro atoms. The van der Waals surface area contributed by atoms with Gasteiger partial charge in [-0.05, 0) is 0 Å². The predicted octanol–water partition coefficient (Wildman–Crippen LogP) is 0.146. The molecule has 0 bridgehead atoms. The highest BCUT2D eigenvalue weighted by atomic mass is 35.7. The van der Waals surface area contributed by atoms with Crippen LogP contribution in [0.15, 0.2) is 15.3 Å². The molecule has 0 saturated heterocycles. The summed E-state index contributed by atoms with van der Waals surface area (Å²) in [5.74, 6) is -0.00845. The standard InChI is InChI=1S/C5H9ClN4O3S2/c1-3-14(11,9-15(6,12)13)5-8-7-4-10(5)2/h4H,3H2,1-2H3/t14-/m1/s1. The molecule has 0 unspecified atom stereocenters. The second-order valence-corrected chi connectivity index (χ2v) is 7.45. The molecule has 7 nitrogen and oxygen atoms in total. The van der Waals surface area contributed by atoms with Crippen LogP contribution >= 0.6 is 10.7 Å². The first kappa shape index (κ1) is 12.4. The molecule has 0 aliphatic rings. The van der Waals surface area contributed by atoms with Gasteiger partial charge >= 0.3 is 9.24 Å². The van der Waals surface area contributed by atoms with Crippen LogP contribution in [0.5, 0.6) is 0 Å². The number of hydrogen-bond acceptors (Lipinski definition) is 5. The molecular formula is C5H9ClN4O3S2. The van der Waals surface area contributed by atoms with E-state index in [2.05, 4.69) is 14.0 Å². The third kappa shape index (κ3) is 2.89. The minimum absolute atomic E-state index is 0.00535. The first-order chi connectivity index (χ1) is 6.78. The zero-order valence-electron chi connectivity index (χ0n) is 7.99. The molecule has 0 aliphatic heterocycles. The zero-order valence-corrected chi connectivity index (χ0v) is 10.4. The van der Waals surface area contributed by atoms with Gasteiger partial charge in [0.25, 0.3) is 0 Å². The summed E-state index contributed by atoms with van der Waals surface area (Å²) in [7, 11) is -0.875. The van der Waals surface area contributed by atoms with Gasteiger partial charge in [-0.3, -0.25) is 0 Å². The van der Waals surface area contributed by atoms with Gasteiger partial charge in [0.2, 0.25) is 5.16 Å². The molecule has 0 aliphatic carbocycles. The van der Waals surface area contributed by atoms with Crippen molar-refractivity contribution in [1.82, 2.24) is 14.8 Å². The summed E-state index contributed by atoms with van der Waals surface area (Å²) >= 11 is 0. The quantitative estimate of drug-likeness (QED) is 0.730. The Morgan fingerprint density at radius 1 is 1.53 bits per heavy atom. The van der Waals surface area contributed by atoms with Crippen molar-refractivity contribution < 1.29 is 12.6 Å². The highest BCUT2D eigenvalue weighted by Gasteiger charge is 2.20. The van der Waals surface area contributed by atoms with E-state index in [1.807, 2.05) is 0 Å². The number of halogens is 1. The van der Waals surface area contributed by atoms with Crippen LogP contribution in [-0.4, -0.2) is 33.1 Å². The first-order valence-electron chi connectivity index (χ1n) is 3.83. The number of nitrogens with zero attached hydrogens (tertiary/aromatic N) is 4. The fourth-order valence-corrected chi connectivity index (χ4v) is 4.51. The van der Waals surface area contributed by atoms with E-state index in [9.17, 15) is 12.6 Å². The Balaban J connectivity index is 3.51. The highest BCUT2D eigenvalue weighted by Crippen LogP contribution is 2.14. The Kier molecular flexibility index (Phi) is 3.36. The lowest BCUT2D eigenvalue weighted by Crippen LogP contribution is -2.11. The fourth-order valence-electron chi connectivity index (χ4n) is 0.920. The Hall–Kier alpha value is -0.670. The van der Waals surface area contributed by atoms with E-state index < -0.39 is 19.0 Å². The summed E-state index contributed by atoms with van der Waals surface area (Å²) in [5.41, 5.74) is 0. The summed E-state index contributed by atoms with van der Waals surface area (Å²) in [4.78, 5) is 0. The lowest BCUT2D eigenvalue weighted by atomic mass is 11.0. The highest BCUT2D eigenvalue weighted by molar-refractivity contribution is 8.17. The predicted molar refractivity (Wildman–Crippen MR) is 55.2 cm³/mol. The van der Waals surface area contributed by atoms with Crippen molar-refractivity contribution in [2.45, 2.75) is 12.1 Å². The van der Waals surface area contributed by atoms with Crippen LogP contribution in [-0.2, 0) is 26.0 Å². The maximum atomic E-state index is 12.1. The van der Waals surface area contributed by atoms with Crippen molar-refractivity contribution in [3.8, 4) is 0 Å². The second kappa shape index (κ2) is 4.06. The van der Waals surface area contributed by atoms with E-state index in [0.29, 0.717) is 0 Å². The SMILES string of the molecule is CC[S@](=O)(=NS(=O)(=O)Cl)c1nncn1C. The zero-order chi connectivity index (χ0) is 11.7. The lowest BCUT2D eigenvalue weighted by molar-refractivity contribution is 0.610. The molecule has 86 valence electrons. The monoisotopic (exact) mass is 272 g/mol. The minimum atomic E-state index is -4.20. The number of aryl methyl sites for hydroxylation is 1. The lowest BCUT2D eigenvalue weighted by Gasteiger charge is -2.03. The van der Waals surface area contributed by atoms with Crippen LogP contribution in [0.3, 0.4) is 0 Å². The van der Waals surface area contributed by atoms with E-state index in [1.54, 1.807) is 7.05 Å². The third-order valence-corrected chi connectivity index (χ3v) is 5.46. The van der Waals surface area contributed by atoms with Crippen LogP contribution < -0.4 is 0 Å². The summed E-state index contributed by atoms with van der Waals surface area (Å²) in [5, 5.41) is 7.06. The van der Waals surface area contributed by atoms with Gasteiger partial charge < -0.3 is 4.57 Å². The van der Waals surface area contributed by atoms with Crippen molar-refractivity contribution in [3.63, 3.8) is 0 Å². The maximum absolute atomic E-state index is 12.1. The van der Waals surface area contributed by atoms with Crippen molar-refractivity contribution in [3.05, 3.63) is 6.33 Å². The molecule has 15 heavy (non-hydrogen) atoms. The van der Waals surface area contributed by atoms with E-state index in [4.69, 9.17) is 10.7 Å². The van der Waals surface area contributed by atoms with E-state index in [0.717, 1.165) is 0 Å². The molecule has 0 saturated carbocycles. The molecule has 0 radical (unpaired) electrons. The summed E-state index contributed by atoms with van der Waals surface area (Å²) in [6.45, 7) is 1.53. The second-order valence-electron chi connectivity index (χ2n) is 2.64. The van der Waals surface area contributed by atoms with Crippen LogP contribution in [0.25, 0.3) is 0 Å². The molecule has 0 N–H and O–H groups in total. The number of hydrogen-bond donors (Lipinski definition) is 0. The van der Waals surface area contributed by atoms with E-state index >= 15 is 0 Å². The van der Waals surface area contributed by atoms with Crippen molar-refractivity contribution in [2.24, 2.45) is 10.8 Å². The normalized spacial score (nSPS) is 15.9. The van der Waals surface area contributed by atoms with Crippen LogP contribution in [0, 0.1) is 0 Å². The Morgan fingerprint density at radius 2 is 2.13 bits per heavy atom. The van der Waals surface area contributed by atoms with Crippen LogP contribution in [0.1, 0.15) is 6.92 Å². The Morgan fingerprint density at radius 3 is 2.47 bits per heavy atom. The van der Waals surface area contributed by atoms with Gasteiger partial charge in [0.15, 0.2) is 0 Å². The first-order valence-corrected chi connectivity index (χ1v) is 7.78. The largest absolute Gasteiger partial charge is 0.347 e. The molecule has 1 aromatic rings. The smallest absolute Gasteiger partial charge is 0.309 e. The molecule has 0 fully saturated rings. The molecular weight excluding hydrogens is 264 g/mol. The van der Waals surface area contributed by atoms with E-state index in [-0.39, 0.29) is 10.9 Å². The van der Waals surface area contributed by atoms with Crippen LogP contribution in [0.2, 0.25) is 0 Å². The molecule has 1 rings (SSSR count). The average molecular weight is 273 g/mol. The van der Waals surface area contributed by atoms with Crippen LogP contribution in [0.4, 0.5) is 0 Å². The third-order valence-electron chi connectivity index (χ3n) is 1.56. The Labute approximate surface area is 92.2 Å². The Bertz CT molecular complexity index is 569. The molecule has 0 aromatic carbocycles. The summed E-state index contributed by atoms with van der Waals surface area (Å²) in [6, 6.07) is 0. The van der Waals surface area contributed by atoms with Crippen molar-refractivity contribution in [2.75, 3.05) is 5.75 Å². The van der Waals surface area contributed by atoms with Gasteiger partial charge in [-0.25, -0.2) is 4.21 Å². The number of rotatable bonds is 3. The molecule has 10 heteroatoms. The molecule has 1 atom stereocenters. The van der Waals surface area contributed by atoms with Gasteiger partial charge in [0, 0.05) is 23.5 Å². The fraction of sp³-hybridized carbons (Fsp3) is 0.600.